The van der Waals surface area contributed by atoms with Crippen LogP contribution in [0.1, 0.15) is 69.1 Å². The van der Waals surface area contributed by atoms with Gasteiger partial charge in [-0.15, -0.1) is 0 Å². The van der Waals surface area contributed by atoms with Crippen LogP contribution in [0.3, 0.4) is 0 Å². The second-order valence-electron chi connectivity index (χ2n) is 9.40. The minimum absolute atomic E-state index is 0.0829. The van der Waals surface area contributed by atoms with Gasteiger partial charge in [0.1, 0.15) is 21.8 Å². The van der Waals surface area contributed by atoms with Crippen LogP contribution < -0.4 is 10.5 Å². The number of carbonyl (C=O) groups is 2. The van der Waals surface area contributed by atoms with Gasteiger partial charge in [0.25, 0.3) is 11.5 Å². The van der Waals surface area contributed by atoms with Gasteiger partial charge in [0.2, 0.25) is 0 Å². The van der Waals surface area contributed by atoms with E-state index >= 15 is 0 Å². The minimum atomic E-state index is -0.337. The molecule has 0 radical (unpaired) electrons. The molecule has 1 aromatic rings. The lowest BCUT2D eigenvalue weighted by Crippen LogP contribution is -2.41. The van der Waals surface area contributed by atoms with E-state index in [1.807, 2.05) is 13.0 Å². The molecule has 0 spiro atoms. The van der Waals surface area contributed by atoms with Gasteiger partial charge >= 0.3 is 5.97 Å². The van der Waals surface area contributed by atoms with E-state index in [4.69, 9.17) is 17.0 Å². The van der Waals surface area contributed by atoms with E-state index in [2.05, 4.69) is 11.0 Å². The number of hydrogen-bond donors (Lipinski definition) is 0. The fourth-order valence-electron chi connectivity index (χ4n) is 5.45. The molecule has 3 aliphatic rings. The number of nitrogens with zero attached hydrogens (tertiary/aromatic N) is 4. The molecule has 10 heteroatoms. The molecule has 0 unspecified atom stereocenters. The number of hydrogen-bond acceptors (Lipinski definition) is 8. The van der Waals surface area contributed by atoms with Crippen LogP contribution in [0.2, 0.25) is 0 Å². The van der Waals surface area contributed by atoms with Gasteiger partial charge < -0.3 is 9.64 Å². The predicted octanol–water partition coefficient (Wildman–Crippen LogP) is 3.97. The first-order valence-corrected chi connectivity index (χ1v) is 13.9. The summed E-state index contributed by atoms with van der Waals surface area (Å²) in [5, 5.41) is 9.78. The Kier molecular flexibility index (Phi) is 8.20. The number of ether oxygens (including phenoxy) is 1. The third-order valence-corrected chi connectivity index (χ3v) is 8.70. The Bertz CT molecular complexity index is 1200. The molecule has 4 rings (SSSR count). The Morgan fingerprint density at radius 2 is 1.86 bits per heavy atom. The molecule has 2 aliphatic heterocycles. The highest BCUT2D eigenvalue weighted by atomic mass is 32.2. The molecule has 1 aromatic heterocycles. The molecule has 2 saturated heterocycles. The molecule has 0 bridgehead atoms. The number of aromatic nitrogens is 1. The molecule has 1 amide bonds. The number of thioether (sulfide) groups is 1. The number of carbonyl (C=O) groups excluding carboxylic acids is 2. The maximum atomic E-state index is 13.4. The number of amides is 1. The fraction of sp³-hybridized carbons (Fsp3) is 0.577. The molecule has 0 atom stereocenters. The molecule has 1 aliphatic carbocycles. The molecule has 192 valence electrons. The van der Waals surface area contributed by atoms with Gasteiger partial charge in [-0.2, -0.15) is 5.26 Å². The lowest BCUT2D eigenvalue weighted by atomic mass is 9.95. The van der Waals surface area contributed by atoms with Crippen molar-refractivity contribution in [3.8, 4) is 6.07 Å². The quantitative estimate of drug-likeness (QED) is 0.311. The first-order chi connectivity index (χ1) is 17.3. The lowest BCUT2D eigenvalue weighted by Gasteiger charge is -2.35. The van der Waals surface area contributed by atoms with Crippen LogP contribution >= 0.6 is 24.0 Å². The van der Waals surface area contributed by atoms with Crippen molar-refractivity contribution in [1.29, 1.82) is 5.26 Å². The molecule has 8 nitrogen and oxygen atoms in total. The van der Waals surface area contributed by atoms with Gasteiger partial charge in [-0.05, 0) is 58.1 Å². The van der Waals surface area contributed by atoms with Gasteiger partial charge in [-0.3, -0.25) is 23.9 Å². The highest BCUT2D eigenvalue weighted by Crippen LogP contribution is 2.40. The molecule has 3 heterocycles. The van der Waals surface area contributed by atoms with Gasteiger partial charge in [-0.1, -0.05) is 36.8 Å². The van der Waals surface area contributed by atoms with Gasteiger partial charge in [0.05, 0.1) is 17.4 Å². The Morgan fingerprint density at radius 1 is 1.19 bits per heavy atom. The van der Waals surface area contributed by atoms with Gasteiger partial charge in [-0.25, -0.2) is 0 Å². The Hall–Kier alpha value is -2.64. The maximum Gasteiger partial charge on any atom is 0.309 e. The molecule has 3 fully saturated rings. The monoisotopic (exact) mass is 528 g/mol. The Labute approximate surface area is 221 Å². The van der Waals surface area contributed by atoms with Crippen LogP contribution in [0.25, 0.3) is 6.08 Å². The molecule has 1 saturated carbocycles. The van der Waals surface area contributed by atoms with Crippen LogP contribution in [0.4, 0.5) is 5.82 Å². The third kappa shape index (κ3) is 4.83. The largest absolute Gasteiger partial charge is 0.466 e. The minimum Gasteiger partial charge on any atom is -0.466 e. The number of anilines is 1. The summed E-state index contributed by atoms with van der Waals surface area (Å²) in [5.41, 5.74) is 0.991. The second-order valence-corrected chi connectivity index (χ2v) is 11.1. The summed E-state index contributed by atoms with van der Waals surface area (Å²) in [4.78, 5) is 43.3. The normalized spacial score (nSPS) is 20.4. The zero-order valence-electron chi connectivity index (χ0n) is 21.0. The van der Waals surface area contributed by atoms with Crippen LogP contribution in [0, 0.1) is 24.2 Å². The smallest absolute Gasteiger partial charge is 0.309 e. The van der Waals surface area contributed by atoms with E-state index in [1.54, 1.807) is 23.3 Å². The lowest BCUT2D eigenvalue weighted by molar-refractivity contribution is -0.148. The van der Waals surface area contributed by atoms with E-state index in [9.17, 15) is 19.6 Å². The van der Waals surface area contributed by atoms with Crippen molar-refractivity contribution in [3.63, 3.8) is 0 Å². The number of pyridine rings is 1. The summed E-state index contributed by atoms with van der Waals surface area (Å²) in [7, 11) is 0. The van der Waals surface area contributed by atoms with E-state index in [0.717, 1.165) is 25.7 Å². The standard InChI is InChI=1S/C26H32N4O4S2/c1-4-29-22(28-12-10-17(11-13-28)25(33)34-5-2)19(16(3)20(15-27)23(29)31)14-21-24(32)30(26(35)36-21)18-8-6-7-9-18/h14,17-18H,4-13H2,1-3H3. The highest BCUT2D eigenvalue weighted by Gasteiger charge is 2.39. The summed E-state index contributed by atoms with van der Waals surface area (Å²) in [6.07, 6.45) is 7.13. The number of piperidine rings is 1. The summed E-state index contributed by atoms with van der Waals surface area (Å²) < 4.78 is 7.38. The van der Waals surface area contributed by atoms with Gasteiger partial charge in [0, 0.05) is 31.2 Å². The van der Waals surface area contributed by atoms with Crippen molar-refractivity contribution in [2.75, 3.05) is 24.6 Å². The molecule has 0 N–H and O–H groups in total. The van der Waals surface area contributed by atoms with Crippen molar-refractivity contribution in [1.82, 2.24) is 9.47 Å². The summed E-state index contributed by atoms with van der Waals surface area (Å²) in [6.45, 7) is 7.30. The molecular formula is C26H32N4O4S2. The zero-order chi connectivity index (χ0) is 26.0. The topological polar surface area (TPSA) is 95.6 Å². The van der Waals surface area contributed by atoms with Crippen LogP contribution in [-0.2, 0) is 20.9 Å². The van der Waals surface area contributed by atoms with Crippen molar-refractivity contribution < 1.29 is 14.3 Å². The van der Waals surface area contributed by atoms with Crippen molar-refractivity contribution in [3.05, 3.63) is 31.9 Å². The van der Waals surface area contributed by atoms with E-state index in [-0.39, 0.29) is 35.0 Å². The second kappa shape index (κ2) is 11.2. The molecule has 36 heavy (non-hydrogen) atoms. The van der Waals surface area contributed by atoms with E-state index in [0.29, 0.717) is 65.3 Å². The number of nitriles is 1. The van der Waals surface area contributed by atoms with Crippen molar-refractivity contribution in [2.45, 2.75) is 71.9 Å². The molecular weight excluding hydrogens is 496 g/mol. The van der Waals surface area contributed by atoms with Crippen LogP contribution in [0.15, 0.2) is 9.70 Å². The SMILES string of the molecule is CCOC(=O)C1CCN(c2c(C=C3SC(=S)N(C4CCCC4)C3=O)c(C)c(C#N)c(=O)n2CC)CC1. The Balaban J connectivity index is 1.76. The van der Waals surface area contributed by atoms with Crippen molar-refractivity contribution >= 4 is 52.1 Å². The van der Waals surface area contributed by atoms with E-state index < -0.39 is 0 Å². The summed E-state index contributed by atoms with van der Waals surface area (Å²) in [5.74, 6) is 0.230. The zero-order valence-corrected chi connectivity index (χ0v) is 22.7. The Morgan fingerprint density at radius 3 is 2.44 bits per heavy atom. The summed E-state index contributed by atoms with van der Waals surface area (Å²) in [6, 6.07) is 2.22. The van der Waals surface area contributed by atoms with Gasteiger partial charge in [0.15, 0.2) is 0 Å². The fourth-order valence-corrected chi connectivity index (χ4v) is 6.84. The number of thiocarbonyl (C=S) groups is 1. The van der Waals surface area contributed by atoms with Crippen molar-refractivity contribution in [2.24, 2.45) is 5.92 Å². The summed E-state index contributed by atoms with van der Waals surface area (Å²) >= 11 is 6.87. The third-order valence-electron chi connectivity index (χ3n) is 7.37. The highest BCUT2D eigenvalue weighted by molar-refractivity contribution is 8.26. The van der Waals surface area contributed by atoms with E-state index in [1.165, 1.54) is 11.8 Å². The number of rotatable bonds is 6. The van der Waals surface area contributed by atoms with Crippen LogP contribution in [0.5, 0.6) is 0 Å². The number of esters is 1. The first kappa shape index (κ1) is 26.4. The molecule has 0 aromatic carbocycles. The average Bonchev–Trinajstić information content (AvgIpc) is 3.48. The predicted molar refractivity (Wildman–Crippen MR) is 145 cm³/mol. The first-order valence-electron chi connectivity index (χ1n) is 12.7. The average molecular weight is 529 g/mol. The van der Waals surface area contributed by atoms with Crippen LogP contribution in [-0.4, -0.2) is 51.4 Å². The maximum absolute atomic E-state index is 13.4.